The van der Waals surface area contributed by atoms with Crippen molar-refractivity contribution in [2.75, 3.05) is 13.2 Å². The fourth-order valence-corrected chi connectivity index (χ4v) is 8.49. The van der Waals surface area contributed by atoms with E-state index in [1.165, 1.54) is 90.9 Å². The molecule has 0 fully saturated rings. The molecule has 14 heteroatoms. The van der Waals surface area contributed by atoms with E-state index >= 15 is 0 Å². The molecule has 0 heterocycles. The summed E-state index contributed by atoms with van der Waals surface area (Å²) in [6.07, 6.45) is 22.3. The lowest BCUT2D eigenvalue weighted by molar-refractivity contribution is -0.200. The molecule has 0 saturated heterocycles. The minimum Gasteiger partial charge on any atom is -0.460 e. The molecule has 0 aliphatic carbocycles. The van der Waals surface area contributed by atoms with E-state index in [0.717, 1.165) is 64.2 Å². The minimum atomic E-state index is -3.03. The van der Waals surface area contributed by atoms with Crippen molar-refractivity contribution in [1.82, 2.24) is 0 Å². The van der Waals surface area contributed by atoms with Gasteiger partial charge in [-0.25, -0.2) is 9.59 Å². The van der Waals surface area contributed by atoms with E-state index in [-0.39, 0.29) is 31.8 Å². The number of carbonyl (C=O) groups excluding carboxylic acids is 6. The van der Waals surface area contributed by atoms with Gasteiger partial charge >= 0.3 is 23.9 Å². The molecule has 0 aliphatic heterocycles. The molecule has 0 rings (SSSR count). The van der Waals surface area contributed by atoms with Gasteiger partial charge in [-0.1, -0.05) is 181 Å². The van der Waals surface area contributed by atoms with Crippen molar-refractivity contribution < 1.29 is 68.1 Å². The van der Waals surface area contributed by atoms with Crippen molar-refractivity contribution in [1.29, 1.82) is 0 Å². The highest BCUT2D eigenvalue weighted by Gasteiger charge is 2.61. The maximum absolute atomic E-state index is 14.0. The van der Waals surface area contributed by atoms with E-state index in [1.807, 2.05) is 0 Å². The maximum Gasteiger partial charge on any atom is 0.359 e. The van der Waals surface area contributed by atoms with Crippen molar-refractivity contribution in [3.8, 4) is 0 Å². The SMILES string of the molecule is CCCCCCCCCCCCCCC(OC(=O)CCCCCCCCC(=O)OC(C(=O)OC(C)C)(C(=O)C(O)CO)C(CCCCCCCCCCCCC)C(=O)C(O)CO)C(=O)OC(C)C. The third kappa shape index (κ3) is 29.9. The second-order valence-electron chi connectivity index (χ2n) is 19.5. The van der Waals surface area contributed by atoms with Crippen LogP contribution < -0.4 is 0 Å². The number of aliphatic hydroxyl groups excluding tert-OH is 4. The van der Waals surface area contributed by atoms with Crippen LogP contribution in [0.4, 0.5) is 0 Å². The summed E-state index contributed by atoms with van der Waals surface area (Å²) in [6.45, 7) is 8.75. The minimum absolute atomic E-state index is 0.141. The maximum atomic E-state index is 14.0. The van der Waals surface area contributed by atoms with Crippen LogP contribution in [0.15, 0.2) is 0 Å². The summed E-state index contributed by atoms with van der Waals surface area (Å²) in [6, 6.07) is 0. The first-order valence-corrected chi connectivity index (χ1v) is 27.1. The number of rotatable bonds is 47. The summed E-state index contributed by atoms with van der Waals surface area (Å²) in [7, 11) is 0. The van der Waals surface area contributed by atoms with Crippen LogP contribution in [0.5, 0.6) is 0 Å². The van der Waals surface area contributed by atoms with Gasteiger partial charge in [-0.2, -0.15) is 0 Å². The molecule has 5 atom stereocenters. The predicted molar refractivity (Wildman–Crippen MR) is 265 cm³/mol. The van der Waals surface area contributed by atoms with Gasteiger partial charge in [-0.15, -0.1) is 0 Å². The first-order valence-electron chi connectivity index (χ1n) is 27.1. The van der Waals surface area contributed by atoms with Crippen molar-refractivity contribution >= 4 is 35.4 Å². The Labute approximate surface area is 411 Å². The lowest BCUT2D eigenvalue weighted by Gasteiger charge is -2.38. The van der Waals surface area contributed by atoms with Gasteiger partial charge in [0.1, 0.15) is 12.2 Å². The van der Waals surface area contributed by atoms with Crippen LogP contribution in [0.3, 0.4) is 0 Å². The number of Topliss-reactive ketones (excluding diaryl/α,β-unsaturated/α-hetero) is 2. The zero-order chi connectivity index (χ0) is 51.0. The molecular weight excluding hydrogens is 873 g/mol. The molecule has 0 saturated carbocycles. The van der Waals surface area contributed by atoms with Crippen LogP contribution in [0.1, 0.15) is 253 Å². The number of unbranched alkanes of at least 4 members (excludes halogenated alkanes) is 26. The standard InChI is InChI=1S/C54H98O14/c1-7-9-11-13-15-17-19-21-23-25-29-33-37-47(52(63)65-42(3)4)67-48(59)38-34-30-26-27-31-35-39-49(60)68-54(51(62)46(58)41-56,53(64)66-43(5)6)44(50(61)45(57)40-55)36-32-28-24-22-20-18-16-14-12-10-8-2/h42-47,55-58H,7-41H2,1-6H3. The first kappa shape index (κ1) is 65.1. The normalized spacial score (nSPS) is 14.2. The summed E-state index contributed by atoms with van der Waals surface area (Å²) in [4.78, 5) is 80.8. The molecule has 0 bridgehead atoms. The van der Waals surface area contributed by atoms with E-state index in [1.54, 1.807) is 13.8 Å². The number of carbonyl (C=O) groups is 6. The Hall–Kier alpha value is -2.94. The van der Waals surface area contributed by atoms with Crippen LogP contribution in [-0.4, -0.2) is 105 Å². The summed E-state index contributed by atoms with van der Waals surface area (Å²) in [5, 5.41) is 40.7. The Morgan fingerprint density at radius 3 is 1.21 bits per heavy atom. The van der Waals surface area contributed by atoms with Gasteiger partial charge < -0.3 is 39.4 Å². The molecule has 4 N–H and O–H groups in total. The number of aliphatic hydroxyl groups is 4. The Kier molecular flexibility index (Phi) is 40.0. The van der Waals surface area contributed by atoms with Gasteiger partial charge in [0.05, 0.1) is 31.3 Å². The van der Waals surface area contributed by atoms with Gasteiger partial charge in [-0.05, 0) is 59.8 Å². The zero-order valence-corrected chi connectivity index (χ0v) is 43.6. The van der Waals surface area contributed by atoms with Crippen molar-refractivity contribution in [2.45, 2.75) is 290 Å². The lowest BCUT2D eigenvalue weighted by Crippen LogP contribution is -2.63. The van der Waals surface area contributed by atoms with Gasteiger partial charge in [0.25, 0.3) is 5.60 Å². The third-order valence-corrected chi connectivity index (χ3v) is 12.4. The summed E-state index contributed by atoms with van der Waals surface area (Å²) >= 11 is 0. The second kappa shape index (κ2) is 41.8. The van der Waals surface area contributed by atoms with Crippen LogP contribution in [0, 0.1) is 5.92 Å². The molecule has 68 heavy (non-hydrogen) atoms. The number of esters is 4. The number of ether oxygens (including phenoxy) is 4. The molecule has 0 radical (unpaired) electrons. The molecule has 0 aromatic carbocycles. The highest BCUT2D eigenvalue weighted by atomic mass is 16.6. The van der Waals surface area contributed by atoms with Crippen LogP contribution in [0.25, 0.3) is 0 Å². The molecule has 5 unspecified atom stereocenters. The van der Waals surface area contributed by atoms with Crippen molar-refractivity contribution in [3.63, 3.8) is 0 Å². The fraction of sp³-hybridized carbons (Fsp3) is 0.889. The van der Waals surface area contributed by atoms with Crippen molar-refractivity contribution in [2.24, 2.45) is 5.92 Å². The van der Waals surface area contributed by atoms with Gasteiger partial charge in [0.15, 0.2) is 11.9 Å². The second-order valence-corrected chi connectivity index (χ2v) is 19.5. The van der Waals surface area contributed by atoms with Crippen LogP contribution in [0.2, 0.25) is 0 Å². The molecule has 0 aromatic rings. The van der Waals surface area contributed by atoms with E-state index in [0.29, 0.717) is 44.9 Å². The molecule has 0 aliphatic rings. The molecule has 0 spiro atoms. The van der Waals surface area contributed by atoms with Gasteiger partial charge in [-0.3, -0.25) is 19.2 Å². The Bertz CT molecular complexity index is 1330. The number of hydrogen-bond acceptors (Lipinski definition) is 14. The highest BCUT2D eigenvalue weighted by molar-refractivity contribution is 6.14. The van der Waals surface area contributed by atoms with E-state index in [4.69, 9.17) is 18.9 Å². The van der Waals surface area contributed by atoms with E-state index < -0.39 is 84.6 Å². The Morgan fingerprint density at radius 1 is 0.441 bits per heavy atom. The number of ketones is 2. The van der Waals surface area contributed by atoms with Gasteiger partial charge in [0, 0.05) is 12.8 Å². The lowest BCUT2D eigenvalue weighted by atomic mass is 9.74. The predicted octanol–water partition coefficient (Wildman–Crippen LogP) is 10.5. The number of hydrogen-bond donors (Lipinski definition) is 4. The molecule has 0 amide bonds. The first-order chi connectivity index (χ1) is 32.6. The molecule has 398 valence electrons. The molecular formula is C54H98O14. The van der Waals surface area contributed by atoms with E-state index in [2.05, 4.69) is 13.8 Å². The average Bonchev–Trinajstić information content (AvgIpc) is 3.30. The highest BCUT2D eigenvalue weighted by Crippen LogP contribution is 2.35. The summed E-state index contributed by atoms with van der Waals surface area (Å²) in [5.74, 6) is -7.79. The summed E-state index contributed by atoms with van der Waals surface area (Å²) < 4.78 is 22.1. The largest absolute Gasteiger partial charge is 0.460 e. The van der Waals surface area contributed by atoms with Crippen molar-refractivity contribution in [3.05, 3.63) is 0 Å². The van der Waals surface area contributed by atoms with Gasteiger partial charge in [0.2, 0.25) is 5.78 Å². The average molecular weight is 971 g/mol. The third-order valence-electron chi connectivity index (χ3n) is 12.4. The molecule has 0 aromatic heterocycles. The smallest absolute Gasteiger partial charge is 0.359 e. The quantitative estimate of drug-likeness (QED) is 0.0193. The van der Waals surface area contributed by atoms with Crippen LogP contribution in [-0.2, 0) is 47.7 Å². The molecule has 14 nitrogen and oxygen atoms in total. The van der Waals surface area contributed by atoms with E-state index in [9.17, 15) is 49.2 Å². The summed E-state index contributed by atoms with van der Waals surface area (Å²) in [5.41, 5.74) is -3.03. The fourth-order valence-electron chi connectivity index (χ4n) is 8.49. The Morgan fingerprint density at radius 2 is 0.809 bits per heavy atom. The zero-order valence-electron chi connectivity index (χ0n) is 43.6. The Balaban J connectivity index is 5.36. The topological polar surface area (TPSA) is 220 Å². The monoisotopic (exact) mass is 971 g/mol. The van der Waals surface area contributed by atoms with Crippen LogP contribution >= 0.6 is 0 Å².